The fraction of sp³-hybridized carbons (Fsp3) is 0.714. The van der Waals surface area contributed by atoms with Crippen LogP contribution in [0.25, 0.3) is 0 Å². The number of nitrogens with one attached hydrogen (secondary N) is 1. The van der Waals surface area contributed by atoms with Gasteiger partial charge in [0.25, 0.3) is 0 Å². The Balaban J connectivity index is 3.13. The van der Waals surface area contributed by atoms with E-state index in [1.165, 1.54) is 0 Å². The van der Waals surface area contributed by atoms with Crippen molar-refractivity contribution in [2.45, 2.75) is 46.1 Å². The van der Waals surface area contributed by atoms with Crippen LogP contribution < -0.4 is 15.0 Å². The molecule has 0 radical (unpaired) electrons. The van der Waals surface area contributed by atoms with Crippen molar-refractivity contribution in [2.24, 2.45) is 0 Å². The molecule has 0 fully saturated rings. The van der Waals surface area contributed by atoms with Gasteiger partial charge in [0.15, 0.2) is 11.6 Å². The Morgan fingerprint density at radius 3 is 2.53 bits per heavy atom. The molecule has 0 aliphatic heterocycles. The lowest BCUT2D eigenvalue weighted by molar-refractivity contribution is 0.402. The molecule has 0 aliphatic rings. The molecule has 1 aromatic heterocycles. The van der Waals surface area contributed by atoms with Crippen LogP contribution in [-0.4, -0.2) is 36.2 Å². The van der Waals surface area contributed by atoms with E-state index >= 15 is 0 Å². The first-order valence-corrected chi connectivity index (χ1v) is 6.84. The normalized spacial score (nSPS) is 11.3. The summed E-state index contributed by atoms with van der Waals surface area (Å²) in [7, 11) is 3.70. The molecule has 1 rings (SSSR count). The number of nitrogens with zero attached hydrogens (tertiary/aromatic N) is 3. The second-order valence-corrected chi connectivity index (χ2v) is 5.23. The van der Waals surface area contributed by atoms with Gasteiger partial charge in [-0.3, -0.25) is 0 Å². The Morgan fingerprint density at radius 1 is 1.32 bits per heavy atom. The standard InChI is InChI=1S/C14H26N4O/c1-7-9-15-12-11(19-6)13(17-10-16-12)18(5)14(3,4)8-2/h10H,7-9H2,1-6H3,(H,15,16,17). The number of aromatic nitrogens is 2. The van der Waals surface area contributed by atoms with Crippen molar-refractivity contribution in [1.29, 1.82) is 0 Å². The van der Waals surface area contributed by atoms with Gasteiger partial charge in [0.05, 0.1) is 7.11 Å². The number of hydrogen-bond donors (Lipinski definition) is 1. The van der Waals surface area contributed by atoms with Gasteiger partial charge in [-0.25, -0.2) is 9.97 Å². The maximum Gasteiger partial charge on any atom is 0.204 e. The van der Waals surface area contributed by atoms with Gasteiger partial charge < -0.3 is 15.0 Å². The summed E-state index contributed by atoms with van der Waals surface area (Å²) in [5.41, 5.74) is 0.0175. The fourth-order valence-electron chi connectivity index (χ4n) is 1.68. The molecule has 0 atom stereocenters. The van der Waals surface area contributed by atoms with E-state index < -0.39 is 0 Å². The van der Waals surface area contributed by atoms with Gasteiger partial charge in [-0.05, 0) is 26.7 Å². The molecule has 0 spiro atoms. The lowest BCUT2D eigenvalue weighted by Crippen LogP contribution is -2.41. The quantitative estimate of drug-likeness (QED) is 0.822. The monoisotopic (exact) mass is 266 g/mol. The van der Waals surface area contributed by atoms with E-state index in [9.17, 15) is 0 Å². The molecule has 1 N–H and O–H groups in total. The molecule has 5 nitrogen and oxygen atoms in total. The molecule has 0 amide bonds. The number of ether oxygens (including phenoxy) is 1. The second-order valence-electron chi connectivity index (χ2n) is 5.23. The van der Waals surface area contributed by atoms with E-state index in [1.807, 2.05) is 7.05 Å². The van der Waals surface area contributed by atoms with Crippen LogP contribution in [0, 0.1) is 0 Å². The van der Waals surface area contributed by atoms with Crippen molar-refractivity contribution >= 4 is 11.6 Å². The highest BCUT2D eigenvalue weighted by molar-refractivity contribution is 5.65. The van der Waals surface area contributed by atoms with Crippen molar-refractivity contribution in [3.05, 3.63) is 6.33 Å². The Hall–Kier alpha value is -1.52. The van der Waals surface area contributed by atoms with Crippen LogP contribution in [0.15, 0.2) is 6.33 Å². The Labute approximate surface area is 116 Å². The van der Waals surface area contributed by atoms with E-state index in [4.69, 9.17) is 4.74 Å². The van der Waals surface area contributed by atoms with Crippen molar-refractivity contribution in [2.75, 3.05) is 30.9 Å². The molecule has 0 saturated heterocycles. The largest absolute Gasteiger partial charge is 0.490 e. The maximum atomic E-state index is 5.51. The van der Waals surface area contributed by atoms with Gasteiger partial charge in [0, 0.05) is 19.1 Å². The van der Waals surface area contributed by atoms with Crippen molar-refractivity contribution in [3.8, 4) is 5.75 Å². The molecule has 0 unspecified atom stereocenters. The molecule has 0 aliphatic carbocycles. The van der Waals surface area contributed by atoms with Crippen LogP contribution in [0.5, 0.6) is 5.75 Å². The first-order chi connectivity index (χ1) is 8.97. The minimum atomic E-state index is 0.0175. The lowest BCUT2D eigenvalue weighted by atomic mass is 10.00. The van der Waals surface area contributed by atoms with Gasteiger partial charge in [-0.1, -0.05) is 13.8 Å². The first-order valence-electron chi connectivity index (χ1n) is 6.84. The number of rotatable bonds is 7. The fourth-order valence-corrected chi connectivity index (χ4v) is 1.68. The van der Waals surface area contributed by atoms with Crippen molar-refractivity contribution in [1.82, 2.24) is 9.97 Å². The summed E-state index contributed by atoms with van der Waals surface area (Å²) < 4.78 is 5.51. The van der Waals surface area contributed by atoms with Crippen LogP contribution in [0.2, 0.25) is 0 Å². The predicted molar refractivity (Wildman–Crippen MR) is 80.1 cm³/mol. The Bertz CT molecular complexity index is 406. The molecule has 0 aromatic carbocycles. The highest BCUT2D eigenvalue weighted by Gasteiger charge is 2.26. The minimum Gasteiger partial charge on any atom is -0.490 e. The summed E-state index contributed by atoms with van der Waals surface area (Å²) in [6.07, 6.45) is 3.64. The van der Waals surface area contributed by atoms with Crippen LogP contribution >= 0.6 is 0 Å². The summed E-state index contributed by atoms with van der Waals surface area (Å²) in [5, 5.41) is 3.28. The van der Waals surface area contributed by atoms with E-state index in [2.05, 4.69) is 47.9 Å². The van der Waals surface area contributed by atoms with Gasteiger partial charge in [0.2, 0.25) is 5.75 Å². The molecular formula is C14H26N4O. The molecule has 5 heteroatoms. The average molecular weight is 266 g/mol. The molecule has 108 valence electrons. The zero-order chi connectivity index (χ0) is 14.5. The Morgan fingerprint density at radius 2 is 2.00 bits per heavy atom. The smallest absolute Gasteiger partial charge is 0.204 e. The SMILES string of the molecule is CCCNc1ncnc(N(C)C(C)(C)CC)c1OC. The summed E-state index contributed by atoms with van der Waals surface area (Å²) in [6.45, 7) is 9.53. The second kappa shape index (κ2) is 6.59. The third-order valence-corrected chi connectivity index (χ3v) is 3.62. The highest BCUT2D eigenvalue weighted by Crippen LogP contribution is 2.35. The lowest BCUT2D eigenvalue weighted by Gasteiger charge is -2.36. The van der Waals surface area contributed by atoms with Crippen molar-refractivity contribution < 1.29 is 4.74 Å². The van der Waals surface area contributed by atoms with Crippen LogP contribution in [0.4, 0.5) is 11.6 Å². The number of methoxy groups -OCH3 is 1. The van der Waals surface area contributed by atoms with Crippen molar-refractivity contribution in [3.63, 3.8) is 0 Å². The summed E-state index contributed by atoms with van der Waals surface area (Å²) in [4.78, 5) is 10.8. The van der Waals surface area contributed by atoms with Crippen LogP contribution in [0.3, 0.4) is 0 Å². The predicted octanol–water partition coefficient (Wildman–Crippen LogP) is 2.93. The minimum absolute atomic E-state index is 0.0175. The average Bonchev–Trinajstić information content (AvgIpc) is 2.43. The zero-order valence-electron chi connectivity index (χ0n) is 12.9. The molecular weight excluding hydrogens is 240 g/mol. The van der Waals surface area contributed by atoms with E-state index in [1.54, 1.807) is 13.4 Å². The first kappa shape index (κ1) is 15.5. The van der Waals surface area contributed by atoms with E-state index in [0.29, 0.717) is 5.75 Å². The maximum absolute atomic E-state index is 5.51. The van der Waals surface area contributed by atoms with Gasteiger partial charge in [-0.15, -0.1) is 0 Å². The third kappa shape index (κ3) is 3.49. The zero-order valence-corrected chi connectivity index (χ0v) is 12.9. The topological polar surface area (TPSA) is 50.3 Å². The number of hydrogen-bond acceptors (Lipinski definition) is 5. The number of anilines is 2. The highest BCUT2D eigenvalue weighted by atomic mass is 16.5. The summed E-state index contributed by atoms with van der Waals surface area (Å²) in [6, 6.07) is 0. The third-order valence-electron chi connectivity index (χ3n) is 3.62. The van der Waals surface area contributed by atoms with Crippen LogP contribution in [0.1, 0.15) is 40.5 Å². The van der Waals surface area contributed by atoms with E-state index in [-0.39, 0.29) is 5.54 Å². The Kier molecular flexibility index (Phi) is 5.39. The van der Waals surface area contributed by atoms with Gasteiger partial charge in [-0.2, -0.15) is 0 Å². The van der Waals surface area contributed by atoms with E-state index in [0.717, 1.165) is 31.0 Å². The molecule has 0 saturated carbocycles. The van der Waals surface area contributed by atoms with Gasteiger partial charge >= 0.3 is 0 Å². The summed E-state index contributed by atoms with van der Waals surface area (Å²) in [5.74, 6) is 2.29. The molecule has 19 heavy (non-hydrogen) atoms. The molecule has 1 aromatic rings. The molecule has 1 heterocycles. The summed E-state index contributed by atoms with van der Waals surface area (Å²) >= 11 is 0. The molecule has 0 bridgehead atoms. The van der Waals surface area contributed by atoms with Gasteiger partial charge in [0.1, 0.15) is 6.33 Å². The van der Waals surface area contributed by atoms with Crippen LogP contribution in [-0.2, 0) is 0 Å².